The van der Waals surface area contributed by atoms with E-state index in [0.717, 1.165) is 70.8 Å². The van der Waals surface area contributed by atoms with Gasteiger partial charge in [0.1, 0.15) is 0 Å². The monoisotopic (exact) mass is 344 g/mol. The van der Waals surface area contributed by atoms with Crippen LogP contribution in [0, 0.1) is 5.92 Å². The summed E-state index contributed by atoms with van der Waals surface area (Å²) in [7, 11) is 0. The molecule has 0 radical (unpaired) electrons. The van der Waals surface area contributed by atoms with E-state index in [2.05, 4.69) is 34.5 Å². The maximum Gasteiger partial charge on any atom is 0.222 e. The van der Waals surface area contributed by atoms with Crippen molar-refractivity contribution in [3.63, 3.8) is 0 Å². The minimum Gasteiger partial charge on any atom is -0.378 e. The molecular formula is C21H32N2O2. The number of amides is 1. The highest BCUT2D eigenvalue weighted by Crippen LogP contribution is 2.20. The van der Waals surface area contributed by atoms with Gasteiger partial charge in [0.15, 0.2) is 0 Å². The van der Waals surface area contributed by atoms with Crippen molar-refractivity contribution in [2.75, 3.05) is 32.8 Å². The SMILES string of the molecule is O=C(CCC1CCNCC1)N1CCC(OCCc2ccccc2)CC1. The van der Waals surface area contributed by atoms with Crippen LogP contribution in [0.3, 0.4) is 0 Å². The molecule has 3 rings (SSSR count). The zero-order valence-electron chi connectivity index (χ0n) is 15.3. The number of hydrogen-bond donors (Lipinski definition) is 1. The second-order valence-corrected chi connectivity index (χ2v) is 7.42. The third-order valence-electron chi connectivity index (χ3n) is 5.61. The summed E-state index contributed by atoms with van der Waals surface area (Å²) in [6.07, 6.45) is 7.49. The van der Waals surface area contributed by atoms with Gasteiger partial charge >= 0.3 is 0 Å². The number of hydrogen-bond acceptors (Lipinski definition) is 3. The van der Waals surface area contributed by atoms with Crippen LogP contribution in [-0.2, 0) is 16.0 Å². The van der Waals surface area contributed by atoms with E-state index in [4.69, 9.17) is 4.74 Å². The molecule has 0 saturated carbocycles. The maximum absolute atomic E-state index is 12.4. The third kappa shape index (κ3) is 6.12. The van der Waals surface area contributed by atoms with E-state index in [0.29, 0.717) is 12.0 Å². The molecule has 25 heavy (non-hydrogen) atoms. The first-order valence-corrected chi connectivity index (χ1v) is 9.95. The molecular weight excluding hydrogens is 312 g/mol. The molecule has 0 bridgehead atoms. The summed E-state index contributed by atoms with van der Waals surface area (Å²) in [6, 6.07) is 10.5. The number of benzene rings is 1. The zero-order valence-corrected chi connectivity index (χ0v) is 15.3. The lowest BCUT2D eigenvalue weighted by Gasteiger charge is -2.32. The summed E-state index contributed by atoms with van der Waals surface area (Å²) < 4.78 is 6.03. The second-order valence-electron chi connectivity index (χ2n) is 7.42. The Kier molecular flexibility index (Phi) is 7.31. The quantitative estimate of drug-likeness (QED) is 0.827. The van der Waals surface area contributed by atoms with E-state index in [1.807, 2.05) is 6.07 Å². The molecule has 0 unspecified atom stereocenters. The minimum atomic E-state index is 0.317. The van der Waals surface area contributed by atoms with Gasteiger partial charge in [-0.25, -0.2) is 0 Å². The smallest absolute Gasteiger partial charge is 0.222 e. The summed E-state index contributed by atoms with van der Waals surface area (Å²) >= 11 is 0. The van der Waals surface area contributed by atoms with Crippen molar-refractivity contribution in [2.24, 2.45) is 5.92 Å². The summed E-state index contributed by atoms with van der Waals surface area (Å²) in [5.74, 6) is 1.09. The molecule has 2 saturated heterocycles. The molecule has 0 aromatic heterocycles. The van der Waals surface area contributed by atoms with Crippen molar-refractivity contribution >= 4 is 5.91 Å². The minimum absolute atomic E-state index is 0.317. The molecule has 0 spiro atoms. The fourth-order valence-corrected chi connectivity index (χ4v) is 3.92. The van der Waals surface area contributed by atoms with E-state index < -0.39 is 0 Å². The van der Waals surface area contributed by atoms with E-state index in [9.17, 15) is 4.79 Å². The normalized spacial score (nSPS) is 19.9. The van der Waals surface area contributed by atoms with Gasteiger partial charge in [-0.3, -0.25) is 4.79 Å². The molecule has 1 N–H and O–H groups in total. The Hall–Kier alpha value is -1.39. The number of carbonyl (C=O) groups is 1. The lowest BCUT2D eigenvalue weighted by atomic mass is 9.93. The van der Waals surface area contributed by atoms with Crippen LogP contribution < -0.4 is 5.32 Å². The van der Waals surface area contributed by atoms with Gasteiger partial charge in [0.2, 0.25) is 5.91 Å². The van der Waals surface area contributed by atoms with E-state index in [-0.39, 0.29) is 0 Å². The Morgan fingerprint density at radius 2 is 1.80 bits per heavy atom. The van der Waals surface area contributed by atoms with Gasteiger partial charge in [-0.15, -0.1) is 0 Å². The first-order valence-electron chi connectivity index (χ1n) is 9.95. The van der Waals surface area contributed by atoms with E-state index >= 15 is 0 Å². The predicted molar refractivity (Wildman–Crippen MR) is 101 cm³/mol. The summed E-state index contributed by atoms with van der Waals surface area (Å²) in [5, 5.41) is 3.39. The number of nitrogens with zero attached hydrogens (tertiary/aromatic N) is 1. The number of ether oxygens (including phenoxy) is 1. The first-order chi connectivity index (χ1) is 12.3. The fourth-order valence-electron chi connectivity index (χ4n) is 3.92. The molecule has 1 amide bonds. The van der Waals surface area contributed by atoms with Gasteiger partial charge in [0, 0.05) is 19.5 Å². The molecule has 2 fully saturated rings. The van der Waals surface area contributed by atoms with Gasteiger partial charge in [-0.2, -0.15) is 0 Å². The van der Waals surface area contributed by atoms with Crippen LogP contribution in [0.5, 0.6) is 0 Å². The molecule has 1 aromatic rings. The van der Waals surface area contributed by atoms with Crippen molar-refractivity contribution in [1.82, 2.24) is 10.2 Å². The third-order valence-corrected chi connectivity index (χ3v) is 5.61. The molecule has 138 valence electrons. The van der Waals surface area contributed by atoms with Crippen LogP contribution in [0.2, 0.25) is 0 Å². The number of carbonyl (C=O) groups excluding carboxylic acids is 1. The molecule has 2 aliphatic heterocycles. The Labute approximate surface area is 151 Å². The Balaban J connectivity index is 1.29. The van der Waals surface area contributed by atoms with Gasteiger partial charge in [-0.1, -0.05) is 30.3 Å². The molecule has 4 nitrogen and oxygen atoms in total. The molecule has 1 aromatic carbocycles. The average molecular weight is 344 g/mol. The van der Waals surface area contributed by atoms with Crippen molar-refractivity contribution in [3.05, 3.63) is 35.9 Å². The maximum atomic E-state index is 12.4. The molecule has 2 aliphatic rings. The van der Waals surface area contributed by atoms with Crippen LogP contribution >= 0.6 is 0 Å². The Morgan fingerprint density at radius 3 is 2.52 bits per heavy atom. The second kappa shape index (κ2) is 9.93. The van der Waals surface area contributed by atoms with Crippen LogP contribution in [0.4, 0.5) is 0 Å². The van der Waals surface area contributed by atoms with Crippen molar-refractivity contribution in [3.8, 4) is 0 Å². The van der Waals surface area contributed by atoms with Crippen LogP contribution in [0.1, 0.15) is 44.1 Å². The van der Waals surface area contributed by atoms with Gasteiger partial charge < -0.3 is 15.0 Å². The molecule has 0 aliphatic carbocycles. The fraction of sp³-hybridized carbons (Fsp3) is 0.667. The first kappa shape index (κ1) is 18.4. The van der Waals surface area contributed by atoms with E-state index in [1.54, 1.807) is 0 Å². The number of piperidine rings is 2. The molecule has 4 heteroatoms. The number of nitrogens with one attached hydrogen (secondary N) is 1. The van der Waals surface area contributed by atoms with Crippen molar-refractivity contribution in [2.45, 2.75) is 51.0 Å². The van der Waals surface area contributed by atoms with Gasteiger partial charge in [-0.05, 0) is 63.1 Å². The van der Waals surface area contributed by atoms with Gasteiger partial charge in [0.25, 0.3) is 0 Å². The molecule has 0 atom stereocenters. The highest BCUT2D eigenvalue weighted by molar-refractivity contribution is 5.76. The highest BCUT2D eigenvalue weighted by Gasteiger charge is 2.24. The zero-order chi connectivity index (χ0) is 17.3. The average Bonchev–Trinajstić information content (AvgIpc) is 2.68. The standard InChI is InChI=1S/C21H32N2O2/c24-21(7-6-19-8-13-22-14-9-19)23-15-10-20(11-16-23)25-17-12-18-4-2-1-3-5-18/h1-5,19-20,22H,6-17H2. The van der Waals surface area contributed by atoms with Crippen LogP contribution in [0.15, 0.2) is 30.3 Å². The van der Waals surface area contributed by atoms with Crippen LogP contribution in [0.25, 0.3) is 0 Å². The van der Waals surface area contributed by atoms with Crippen molar-refractivity contribution in [1.29, 1.82) is 0 Å². The number of likely N-dealkylation sites (tertiary alicyclic amines) is 1. The largest absolute Gasteiger partial charge is 0.378 e. The number of rotatable bonds is 7. The van der Waals surface area contributed by atoms with Gasteiger partial charge in [0.05, 0.1) is 12.7 Å². The van der Waals surface area contributed by atoms with Crippen molar-refractivity contribution < 1.29 is 9.53 Å². The topological polar surface area (TPSA) is 41.6 Å². The summed E-state index contributed by atoms with van der Waals surface area (Å²) in [4.78, 5) is 14.5. The highest BCUT2D eigenvalue weighted by atomic mass is 16.5. The van der Waals surface area contributed by atoms with E-state index in [1.165, 1.54) is 18.4 Å². The Bertz CT molecular complexity index is 506. The summed E-state index contributed by atoms with van der Waals surface area (Å²) in [6.45, 7) is 4.73. The lowest BCUT2D eigenvalue weighted by molar-refractivity contribution is -0.134. The Morgan fingerprint density at radius 1 is 1.08 bits per heavy atom. The lowest BCUT2D eigenvalue weighted by Crippen LogP contribution is -2.41. The van der Waals surface area contributed by atoms with Crippen LogP contribution in [-0.4, -0.2) is 49.7 Å². The summed E-state index contributed by atoms with van der Waals surface area (Å²) in [5.41, 5.74) is 1.33. The molecule has 2 heterocycles. The predicted octanol–water partition coefficient (Wildman–Crippen LogP) is 3.02.